The lowest BCUT2D eigenvalue weighted by molar-refractivity contribution is -0.123. The molecule has 1 fully saturated rings. The van der Waals surface area contributed by atoms with Crippen LogP contribution in [0.5, 0.6) is 0 Å². The van der Waals surface area contributed by atoms with E-state index in [4.69, 9.17) is 0 Å². The summed E-state index contributed by atoms with van der Waals surface area (Å²) in [4.78, 5) is 12.0. The van der Waals surface area contributed by atoms with Crippen LogP contribution in [0.4, 0.5) is 5.13 Å². The molecule has 8 heteroatoms. The fraction of sp³-hybridized carbons (Fsp3) is 0.545. The molecule has 1 N–H and O–H groups in total. The number of carbonyl (C=O) groups is 1. The summed E-state index contributed by atoms with van der Waals surface area (Å²) in [5.41, 5.74) is 0. The van der Waals surface area contributed by atoms with Crippen LogP contribution in [0.15, 0.2) is 12.7 Å². The molecule has 2 aromatic heterocycles. The summed E-state index contributed by atoms with van der Waals surface area (Å²) < 4.78 is 1.95. The molecule has 0 atom stereocenters. The summed E-state index contributed by atoms with van der Waals surface area (Å²) in [6.45, 7) is 2.02. The molecule has 100 valence electrons. The molecule has 0 unspecified atom stereocenters. The fourth-order valence-electron chi connectivity index (χ4n) is 2.10. The second-order valence-corrected chi connectivity index (χ2v) is 5.64. The molecule has 7 nitrogen and oxygen atoms in total. The van der Waals surface area contributed by atoms with Crippen molar-refractivity contribution in [3.8, 4) is 0 Å². The van der Waals surface area contributed by atoms with Gasteiger partial charge >= 0.3 is 0 Å². The van der Waals surface area contributed by atoms with Gasteiger partial charge in [0.15, 0.2) is 0 Å². The minimum absolute atomic E-state index is 0.0307. The van der Waals surface area contributed by atoms with Crippen molar-refractivity contribution in [2.75, 3.05) is 5.32 Å². The predicted octanol–water partition coefficient (Wildman–Crippen LogP) is 1.28. The molecule has 1 amide bonds. The Bertz CT molecular complexity index is 560. The SMILES string of the molecule is CCc1nnc(NC(=O)C2CC(n3cnnc3)C2)s1. The topological polar surface area (TPSA) is 85.6 Å². The molecule has 0 radical (unpaired) electrons. The third kappa shape index (κ3) is 2.48. The largest absolute Gasteiger partial charge is 0.317 e. The average Bonchev–Trinajstić information content (AvgIpc) is 2.98. The molecule has 1 aliphatic rings. The van der Waals surface area contributed by atoms with Gasteiger partial charge in [0.25, 0.3) is 0 Å². The van der Waals surface area contributed by atoms with Gasteiger partial charge in [0.1, 0.15) is 17.7 Å². The van der Waals surface area contributed by atoms with Crippen molar-refractivity contribution < 1.29 is 4.79 Å². The Balaban J connectivity index is 1.52. The summed E-state index contributed by atoms with van der Waals surface area (Å²) in [6.07, 6.45) is 5.87. The first-order chi connectivity index (χ1) is 9.26. The van der Waals surface area contributed by atoms with Crippen LogP contribution < -0.4 is 5.32 Å². The standard InChI is InChI=1S/C11H14N6OS/c1-2-9-15-16-11(19-9)14-10(18)7-3-8(4-7)17-5-12-13-6-17/h5-8H,2-4H2,1H3,(H,14,16,18). The van der Waals surface area contributed by atoms with Gasteiger partial charge in [0.05, 0.1) is 0 Å². The average molecular weight is 278 g/mol. The Morgan fingerprint density at radius 1 is 1.42 bits per heavy atom. The molecule has 3 rings (SSSR count). The fourth-order valence-corrected chi connectivity index (χ4v) is 2.78. The highest BCUT2D eigenvalue weighted by molar-refractivity contribution is 7.15. The van der Waals surface area contributed by atoms with Crippen LogP contribution in [0.25, 0.3) is 0 Å². The third-order valence-electron chi connectivity index (χ3n) is 3.34. The van der Waals surface area contributed by atoms with Crippen LogP contribution in [0.1, 0.15) is 30.8 Å². The second kappa shape index (κ2) is 5.04. The number of aryl methyl sites for hydroxylation is 1. The minimum atomic E-state index is 0.0307. The van der Waals surface area contributed by atoms with Crippen molar-refractivity contribution in [2.45, 2.75) is 32.2 Å². The summed E-state index contributed by atoms with van der Waals surface area (Å²) in [7, 11) is 0. The van der Waals surface area contributed by atoms with Gasteiger partial charge in [-0.1, -0.05) is 18.3 Å². The molecule has 2 heterocycles. The highest BCUT2D eigenvalue weighted by Gasteiger charge is 2.35. The highest BCUT2D eigenvalue weighted by Crippen LogP contribution is 2.38. The first-order valence-electron chi connectivity index (χ1n) is 6.23. The number of carbonyl (C=O) groups excluding carboxylic acids is 1. The van der Waals surface area contributed by atoms with Gasteiger partial charge in [0.2, 0.25) is 11.0 Å². The molecular weight excluding hydrogens is 264 g/mol. The molecule has 19 heavy (non-hydrogen) atoms. The van der Waals surface area contributed by atoms with Gasteiger partial charge in [-0.05, 0) is 19.3 Å². The highest BCUT2D eigenvalue weighted by atomic mass is 32.1. The van der Waals surface area contributed by atoms with Crippen LogP contribution in [0.2, 0.25) is 0 Å². The van der Waals surface area contributed by atoms with Gasteiger partial charge in [-0.3, -0.25) is 4.79 Å². The van der Waals surface area contributed by atoms with Crippen LogP contribution in [-0.2, 0) is 11.2 Å². The van der Waals surface area contributed by atoms with Gasteiger partial charge in [-0.2, -0.15) is 0 Å². The summed E-state index contributed by atoms with van der Waals surface area (Å²) in [6, 6.07) is 0.339. The summed E-state index contributed by atoms with van der Waals surface area (Å²) in [5.74, 6) is 0.0736. The van der Waals surface area contributed by atoms with E-state index in [9.17, 15) is 4.79 Å². The first kappa shape index (κ1) is 12.2. The van der Waals surface area contributed by atoms with E-state index in [0.29, 0.717) is 11.2 Å². The molecule has 0 saturated heterocycles. The maximum atomic E-state index is 12.0. The van der Waals surface area contributed by atoms with E-state index in [-0.39, 0.29) is 11.8 Å². The zero-order chi connectivity index (χ0) is 13.2. The maximum absolute atomic E-state index is 12.0. The molecule has 0 aliphatic heterocycles. The second-order valence-electron chi connectivity index (χ2n) is 4.58. The van der Waals surface area contributed by atoms with E-state index in [2.05, 4.69) is 25.7 Å². The van der Waals surface area contributed by atoms with Gasteiger partial charge in [0, 0.05) is 12.0 Å². The predicted molar refractivity (Wildman–Crippen MR) is 69.7 cm³/mol. The molecule has 1 saturated carbocycles. The monoisotopic (exact) mass is 278 g/mol. The van der Waals surface area contributed by atoms with E-state index in [1.807, 2.05) is 11.5 Å². The Morgan fingerprint density at radius 3 is 2.79 bits per heavy atom. The lowest BCUT2D eigenvalue weighted by Crippen LogP contribution is -2.35. The number of nitrogens with one attached hydrogen (secondary N) is 1. The number of aromatic nitrogens is 5. The lowest BCUT2D eigenvalue weighted by atomic mass is 9.79. The van der Waals surface area contributed by atoms with Crippen molar-refractivity contribution in [3.05, 3.63) is 17.7 Å². The minimum Gasteiger partial charge on any atom is -0.317 e. The third-order valence-corrected chi connectivity index (χ3v) is 4.32. The molecule has 1 aliphatic carbocycles. The number of nitrogens with zero attached hydrogens (tertiary/aromatic N) is 5. The normalized spacial score (nSPS) is 21.9. The number of anilines is 1. The van der Waals surface area contributed by atoms with E-state index in [1.165, 1.54) is 11.3 Å². The Kier molecular flexibility index (Phi) is 3.24. The van der Waals surface area contributed by atoms with Crippen LogP contribution in [0.3, 0.4) is 0 Å². The summed E-state index contributed by atoms with van der Waals surface area (Å²) >= 11 is 1.43. The molecule has 2 aromatic rings. The number of rotatable bonds is 4. The van der Waals surface area contributed by atoms with Crippen LogP contribution in [0, 0.1) is 5.92 Å². The van der Waals surface area contributed by atoms with Gasteiger partial charge < -0.3 is 9.88 Å². The van der Waals surface area contributed by atoms with Crippen LogP contribution >= 0.6 is 11.3 Å². The van der Waals surface area contributed by atoms with Crippen molar-refractivity contribution in [1.29, 1.82) is 0 Å². The van der Waals surface area contributed by atoms with Crippen LogP contribution in [-0.4, -0.2) is 30.9 Å². The first-order valence-corrected chi connectivity index (χ1v) is 7.05. The quantitative estimate of drug-likeness (QED) is 0.910. The number of amides is 1. The van der Waals surface area contributed by atoms with E-state index in [1.54, 1.807) is 12.7 Å². The van der Waals surface area contributed by atoms with Crippen molar-refractivity contribution >= 4 is 22.4 Å². The molecular formula is C11H14N6OS. The summed E-state index contributed by atoms with van der Waals surface area (Å²) in [5, 5.41) is 19.8. The van der Waals surface area contributed by atoms with Crippen molar-refractivity contribution in [1.82, 2.24) is 25.0 Å². The number of hydrogen-bond donors (Lipinski definition) is 1. The zero-order valence-corrected chi connectivity index (χ0v) is 11.3. The van der Waals surface area contributed by atoms with E-state index in [0.717, 1.165) is 24.3 Å². The Labute approximate surface area is 114 Å². The number of hydrogen-bond acceptors (Lipinski definition) is 6. The molecule has 0 aromatic carbocycles. The molecule has 0 spiro atoms. The van der Waals surface area contributed by atoms with Gasteiger partial charge in [-0.25, -0.2) is 0 Å². The maximum Gasteiger partial charge on any atom is 0.229 e. The smallest absolute Gasteiger partial charge is 0.229 e. The van der Waals surface area contributed by atoms with E-state index < -0.39 is 0 Å². The van der Waals surface area contributed by atoms with Crippen molar-refractivity contribution in [3.63, 3.8) is 0 Å². The van der Waals surface area contributed by atoms with E-state index >= 15 is 0 Å². The lowest BCUT2D eigenvalue weighted by Gasteiger charge is -2.34. The van der Waals surface area contributed by atoms with Crippen molar-refractivity contribution in [2.24, 2.45) is 5.92 Å². The Hall–Kier alpha value is -1.83. The Morgan fingerprint density at radius 2 is 2.16 bits per heavy atom. The van der Waals surface area contributed by atoms with Gasteiger partial charge in [-0.15, -0.1) is 20.4 Å². The zero-order valence-electron chi connectivity index (χ0n) is 10.5. The molecule has 0 bridgehead atoms.